The van der Waals surface area contributed by atoms with Crippen LogP contribution in [0.5, 0.6) is 0 Å². The minimum absolute atomic E-state index is 0.227. The lowest BCUT2D eigenvalue weighted by Gasteiger charge is -2.33. The van der Waals surface area contributed by atoms with E-state index in [9.17, 15) is 9.59 Å². The van der Waals surface area contributed by atoms with Crippen molar-refractivity contribution in [2.45, 2.75) is 18.9 Å². The summed E-state index contributed by atoms with van der Waals surface area (Å²) in [6, 6.07) is 24.3. The molecule has 32 heavy (non-hydrogen) atoms. The van der Waals surface area contributed by atoms with Crippen LogP contribution in [0.1, 0.15) is 35.6 Å². The Kier molecular flexibility index (Phi) is 5.07. The van der Waals surface area contributed by atoms with Gasteiger partial charge in [0, 0.05) is 0 Å². The van der Waals surface area contributed by atoms with Crippen molar-refractivity contribution in [3.05, 3.63) is 106 Å². The van der Waals surface area contributed by atoms with Gasteiger partial charge in [-0.1, -0.05) is 66.7 Å². The maximum absolute atomic E-state index is 12.6. The zero-order valence-corrected chi connectivity index (χ0v) is 17.4. The number of oxazole rings is 1. The number of hydrogen-bond donors (Lipinski definition) is 1. The number of nitrogens with one attached hydrogen (secondary N) is 1. The number of aliphatic imine (C=N–C) groups is 1. The minimum Gasteiger partial charge on any atom is -0.408 e. The Hall–Kier alpha value is -4.13. The molecule has 0 aliphatic carbocycles. The van der Waals surface area contributed by atoms with Crippen molar-refractivity contribution in [1.82, 2.24) is 10.0 Å². The highest BCUT2D eigenvalue weighted by Crippen LogP contribution is 2.37. The first-order valence-electron chi connectivity index (χ1n) is 10.4. The SMILES string of the molecule is CCOn1c(=O)oc2cc(C3NC(=O)N=C(c4ccccc4)C3c3ccccc3)ccc21. The first-order chi connectivity index (χ1) is 15.7. The highest BCUT2D eigenvalue weighted by Gasteiger charge is 2.35. The molecule has 160 valence electrons. The van der Waals surface area contributed by atoms with Gasteiger partial charge in [-0.25, -0.2) is 9.59 Å². The smallest absolute Gasteiger partial charge is 0.408 e. The maximum atomic E-state index is 12.6. The number of carbonyl (C=O) groups excluding carboxylic acids is 1. The van der Waals surface area contributed by atoms with Gasteiger partial charge in [-0.15, -0.1) is 4.73 Å². The lowest BCUT2D eigenvalue weighted by Crippen LogP contribution is -2.40. The average Bonchev–Trinajstić information content (AvgIpc) is 3.14. The van der Waals surface area contributed by atoms with E-state index in [1.807, 2.05) is 66.7 Å². The molecular weight excluding hydrogens is 406 g/mol. The molecule has 1 aliphatic rings. The van der Waals surface area contributed by atoms with Crippen LogP contribution in [0, 0.1) is 0 Å². The van der Waals surface area contributed by atoms with E-state index in [0.717, 1.165) is 21.4 Å². The predicted octanol–water partition coefficient (Wildman–Crippen LogP) is 4.08. The van der Waals surface area contributed by atoms with Crippen LogP contribution in [0.15, 0.2) is 93.1 Å². The Morgan fingerprint density at radius 3 is 2.41 bits per heavy atom. The molecule has 7 heteroatoms. The molecule has 5 rings (SSSR count). The van der Waals surface area contributed by atoms with Gasteiger partial charge in [0.2, 0.25) is 0 Å². The number of carbonyl (C=O) groups is 1. The number of hydrogen-bond acceptors (Lipinski definition) is 4. The zero-order valence-electron chi connectivity index (χ0n) is 17.4. The van der Waals surface area contributed by atoms with Crippen molar-refractivity contribution in [1.29, 1.82) is 0 Å². The first kappa shape index (κ1) is 19.8. The summed E-state index contributed by atoms with van der Waals surface area (Å²) in [6.45, 7) is 2.13. The zero-order chi connectivity index (χ0) is 22.1. The molecule has 3 aromatic carbocycles. The molecule has 1 N–H and O–H groups in total. The molecule has 2 heterocycles. The molecule has 0 spiro atoms. The topological polar surface area (TPSA) is 85.8 Å². The van der Waals surface area contributed by atoms with Gasteiger partial charge in [0.15, 0.2) is 5.58 Å². The summed E-state index contributed by atoms with van der Waals surface area (Å²) in [7, 11) is 0. The molecule has 1 aromatic heterocycles. The molecule has 2 amide bonds. The molecular formula is C25H21N3O4. The van der Waals surface area contributed by atoms with Crippen LogP contribution >= 0.6 is 0 Å². The van der Waals surface area contributed by atoms with E-state index in [-0.39, 0.29) is 5.92 Å². The summed E-state index contributed by atoms with van der Waals surface area (Å²) >= 11 is 0. The number of urea groups is 1. The summed E-state index contributed by atoms with van der Waals surface area (Å²) in [5.74, 6) is -0.813. The molecule has 2 unspecified atom stereocenters. The lowest BCUT2D eigenvalue weighted by molar-refractivity contribution is 0.113. The Labute approximate surface area is 183 Å². The van der Waals surface area contributed by atoms with Crippen LogP contribution in [0.4, 0.5) is 4.79 Å². The highest BCUT2D eigenvalue weighted by atomic mass is 16.7. The van der Waals surface area contributed by atoms with Crippen molar-refractivity contribution in [3.63, 3.8) is 0 Å². The molecule has 0 fully saturated rings. The van der Waals surface area contributed by atoms with Crippen LogP contribution < -0.4 is 15.9 Å². The van der Waals surface area contributed by atoms with Gasteiger partial charge < -0.3 is 14.6 Å². The van der Waals surface area contributed by atoms with E-state index in [0.29, 0.717) is 23.4 Å². The number of amides is 2. The molecule has 0 radical (unpaired) electrons. The van der Waals surface area contributed by atoms with E-state index in [2.05, 4.69) is 10.3 Å². The number of nitrogens with zero attached hydrogens (tertiary/aromatic N) is 2. The fraction of sp³-hybridized carbons (Fsp3) is 0.160. The van der Waals surface area contributed by atoms with Crippen LogP contribution in [-0.4, -0.2) is 23.1 Å². The molecule has 2 atom stereocenters. The molecule has 0 bridgehead atoms. The first-order valence-corrected chi connectivity index (χ1v) is 10.4. The third-order valence-electron chi connectivity index (χ3n) is 5.54. The van der Waals surface area contributed by atoms with Crippen molar-refractivity contribution >= 4 is 22.8 Å². The van der Waals surface area contributed by atoms with Gasteiger partial charge in [-0.05, 0) is 35.7 Å². The summed E-state index contributed by atoms with van der Waals surface area (Å²) in [5, 5.41) is 3.01. The van der Waals surface area contributed by atoms with Crippen LogP contribution in [0.3, 0.4) is 0 Å². The van der Waals surface area contributed by atoms with Gasteiger partial charge in [-0.3, -0.25) is 0 Å². The normalized spacial score (nSPS) is 18.3. The summed E-state index contributed by atoms with van der Waals surface area (Å²) in [4.78, 5) is 34.5. The van der Waals surface area contributed by atoms with Gasteiger partial charge in [0.1, 0.15) is 12.1 Å². The summed E-state index contributed by atoms with van der Waals surface area (Å²) < 4.78 is 6.54. The second-order valence-electron chi connectivity index (χ2n) is 7.49. The largest absolute Gasteiger partial charge is 0.453 e. The second-order valence-corrected chi connectivity index (χ2v) is 7.49. The fourth-order valence-electron chi connectivity index (χ4n) is 4.18. The standard InChI is InChI=1S/C25H21N3O4/c1-2-31-28-19-14-13-18(15-20(19)32-25(28)30)23-21(16-9-5-3-6-10-16)22(26-24(29)27-23)17-11-7-4-8-12-17/h3-15,21,23H,2H2,1H3,(H,27,29). The molecule has 1 aliphatic heterocycles. The maximum Gasteiger partial charge on any atom is 0.453 e. The molecule has 0 saturated carbocycles. The van der Waals surface area contributed by atoms with Crippen LogP contribution in [-0.2, 0) is 0 Å². The summed E-state index contributed by atoms with van der Waals surface area (Å²) in [5.41, 5.74) is 4.34. The monoisotopic (exact) mass is 427 g/mol. The third-order valence-corrected chi connectivity index (χ3v) is 5.54. The van der Waals surface area contributed by atoms with Gasteiger partial charge >= 0.3 is 11.8 Å². The average molecular weight is 427 g/mol. The van der Waals surface area contributed by atoms with Gasteiger partial charge in [0.25, 0.3) is 0 Å². The number of benzene rings is 3. The predicted molar refractivity (Wildman–Crippen MR) is 121 cm³/mol. The number of fused-ring (bicyclic) bond motifs is 1. The van der Waals surface area contributed by atoms with Crippen LogP contribution in [0.2, 0.25) is 0 Å². The molecule has 4 aromatic rings. The number of aromatic nitrogens is 1. The fourth-order valence-corrected chi connectivity index (χ4v) is 4.18. The van der Waals surface area contributed by atoms with Crippen molar-refractivity contribution < 1.29 is 14.0 Å². The molecule has 7 nitrogen and oxygen atoms in total. The molecule has 0 saturated heterocycles. The van der Waals surface area contributed by atoms with Crippen LogP contribution in [0.25, 0.3) is 11.1 Å². The van der Waals surface area contributed by atoms with E-state index < -0.39 is 17.8 Å². The van der Waals surface area contributed by atoms with E-state index >= 15 is 0 Å². The Bertz CT molecular complexity index is 1360. The van der Waals surface area contributed by atoms with Crippen molar-refractivity contribution in [2.75, 3.05) is 6.61 Å². The third kappa shape index (κ3) is 3.47. The minimum atomic E-state index is -0.585. The lowest BCUT2D eigenvalue weighted by atomic mass is 9.80. The summed E-state index contributed by atoms with van der Waals surface area (Å²) in [6.07, 6.45) is 0. The van der Waals surface area contributed by atoms with Gasteiger partial charge in [-0.2, -0.15) is 4.99 Å². The number of rotatable bonds is 5. The Morgan fingerprint density at radius 1 is 0.969 bits per heavy atom. The van der Waals surface area contributed by atoms with E-state index in [1.165, 1.54) is 0 Å². The van der Waals surface area contributed by atoms with Gasteiger partial charge in [0.05, 0.1) is 17.7 Å². The van der Waals surface area contributed by atoms with Crippen molar-refractivity contribution in [3.8, 4) is 0 Å². The Morgan fingerprint density at radius 2 is 1.69 bits per heavy atom. The second kappa shape index (κ2) is 8.19. The van der Waals surface area contributed by atoms with E-state index in [4.69, 9.17) is 9.25 Å². The quantitative estimate of drug-likeness (QED) is 0.520. The highest BCUT2D eigenvalue weighted by molar-refractivity contribution is 6.12. The van der Waals surface area contributed by atoms with Crippen molar-refractivity contribution in [2.24, 2.45) is 4.99 Å². The Balaban J connectivity index is 1.66. The van der Waals surface area contributed by atoms with E-state index in [1.54, 1.807) is 19.1 Å².